The highest BCUT2D eigenvalue weighted by atomic mass is 32.1. The van der Waals surface area contributed by atoms with Gasteiger partial charge in [0.05, 0.1) is 11.7 Å². The van der Waals surface area contributed by atoms with Gasteiger partial charge in [0.25, 0.3) is 5.56 Å². The van der Waals surface area contributed by atoms with Crippen LogP contribution in [0, 0.1) is 0 Å². The van der Waals surface area contributed by atoms with Gasteiger partial charge in [0, 0.05) is 17.5 Å². The minimum absolute atomic E-state index is 0.0112. The molecule has 0 radical (unpaired) electrons. The summed E-state index contributed by atoms with van der Waals surface area (Å²) in [6.45, 7) is 2.74. The van der Waals surface area contributed by atoms with Gasteiger partial charge in [-0.25, -0.2) is 4.98 Å². The van der Waals surface area contributed by atoms with Gasteiger partial charge in [0.2, 0.25) is 5.91 Å². The first-order valence-electron chi connectivity index (χ1n) is 8.44. The molecule has 0 bridgehead atoms. The van der Waals surface area contributed by atoms with E-state index in [1.807, 2.05) is 22.4 Å². The lowest BCUT2D eigenvalue weighted by Crippen LogP contribution is -2.37. The number of thiophene rings is 2. The SMILES string of the molecule is CCc1cc2c(=O)n(CC(=O)N(Cc3ccsc3)C3CC3)cnc2s1. The van der Waals surface area contributed by atoms with Gasteiger partial charge in [-0.3, -0.25) is 14.2 Å². The smallest absolute Gasteiger partial charge is 0.262 e. The van der Waals surface area contributed by atoms with Gasteiger partial charge in [0.15, 0.2) is 0 Å². The van der Waals surface area contributed by atoms with Gasteiger partial charge in [-0.15, -0.1) is 11.3 Å². The molecule has 5 nitrogen and oxygen atoms in total. The Kier molecular flexibility index (Phi) is 4.43. The highest BCUT2D eigenvalue weighted by Crippen LogP contribution is 2.29. The zero-order valence-corrected chi connectivity index (χ0v) is 15.6. The van der Waals surface area contributed by atoms with Crippen molar-refractivity contribution >= 4 is 38.8 Å². The number of aryl methyl sites for hydroxylation is 1. The Hall–Kier alpha value is -1.99. The van der Waals surface area contributed by atoms with E-state index in [4.69, 9.17) is 0 Å². The van der Waals surface area contributed by atoms with E-state index in [1.54, 1.807) is 22.7 Å². The van der Waals surface area contributed by atoms with Crippen molar-refractivity contribution in [3.05, 3.63) is 50.0 Å². The Morgan fingerprint density at radius 3 is 2.96 bits per heavy atom. The molecule has 4 rings (SSSR count). The first-order chi connectivity index (χ1) is 12.2. The van der Waals surface area contributed by atoms with Crippen molar-refractivity contribution in [3.8, 4) is 0 Å². The molecule has 1 fully saturated rings. The molecule has 0 N–H and O–H groups in total. The topological polar surface area (TPSA) is 55.2 Å². The summed E-state index contributed by atoms with van der Waals surface area (Å²) in [6.07, 6.45) is 4.49. The Bertz CT molecular complexity index is 955. The Balaban J connectivity index is 1.57. The number of aromatic nitrogens is 2. The molecule has 3 aromatic rings. The normalized spacial score (nSPS) is 14.1. The predicted molar refractivity (Wildman–Crippen MR) is 101 cm³/mol. The first kappa shape index (κ1) is 16.5. The fraction of sp³-hybridized carbons (Fsp3) is 0.389. The Labute approximate surface area is 153 Å². The van der Waals surface area contributed by atoms with E-state index >= 15 is 0 Å². The van der Waals surface area contributed by atoms with Gasteiger partial charge in [0.1, 0.15) is 11.4 Å². The summed E-state index contributed by atoms with van der Waals surface area (Å²) in [6, 6.07) is 4.26. The average molecular weight is 374 g/mol. The van der Waals surface area contributed by atoms with E-state index < -0.39 is 0 Å². The number of carbonyl (C=O) groups is 1. The maximum Gasteiger partial charge on any atom is 0.262 e. The van der Waals surface area contributed by atoms with Gasteiger partial charge in [-0.2, -0.15) is 11.3 Å². The van der Waals surface area contributed by atoms with E-state index in [1.165, 1.54) is 10.9 Å². The molecule has 130 valence electrons. The standard InChI is InChI=1S/C18H19N3O2S2/c1-2-14-7-15-17(25-14)19-11-20(18(15)23)9-16(22)21(13-3-4-13)8-12-5-6-24-10-12/h5-7,10-11,13H,2-4,8-9H2,1H3. The zero-order valence-electron chi connectivity index (χ0n) is 14.0. The molecular formula is C18H19N3O2S2. The molecule has 3 heterocycles. The summed E-state index contributed by atoms with van der Waals surface area (Å²) >= 11 is 3.18. The third kappa shape index (κ3) is 3.39. The molecule has 25 heavy (non-hydrogen) atoms. The van der Waals surface area contributed by atoms with Crippen LogP contribution in [0.2, 0.25) is 0 Å². The van der Waals surface area contributed by atoms with Crippen molar-refractivity contribution in [2.45, 2.75) is 45.3 Å². The second-order valence-corrected chi connectivity index (χ2v) is 8.24. The van der Waals surface area contributed by atoms with Crippen LogP contribution >= 0.6 is 22.7 Å². The van der Waals surface area contributed by atoms with Gasteiger partial charge < -0.3 is 4.90 Å². The number of hydrogen-bond donors (Lipinski definition) is 0. The van der Waals surface area contributed by atoms with Crippen LogP contribution in [-0.4, -0.2) is 26.4 Å². The van der Waals surface area contributed by atoms with Crippen LogP contribution in [0.15, 0.2) is 34.0 Å². The lowest BCUT2D eigenvalue weighted by molar-refractivity contribution is -0.133. The number of carbonyl (C=O) groups excluding carboxylic acids is 1. The summed E-state index contributed by atoms with van der Waals surface area (Å²) in [5.41, 5.74) is 1.03. The van der Waals surface area contributed by atoms with Crippen LogP contribution in [0.5, 0.6) is 0 Å². The largest absolute Gasteiger partial charge is 0.334 e. The highest BCUT2D eigenvalue weighted by molar-refractivity contribution is 7.18. The Morgan fingerprint density at radius 2 is 2.28 bits per heavy atom. The van der Waals surface area contributed by atoms with E-state index in [9.17, 15) is 9.59 Å². The zero-order chi connectivity index (χ0) is 17.4. The molecule has 1 amide bonds. The second-order valence-electron chi connectivity index (χ2n) is 6.35. The van der Waals surface area contributed by atoms with E-state index in [0.29, 0.717) is 18.0 Å². The Morgan fingerprint density at radius 1 is 1.44 bits per heavy atom. The molecule has 1 saturated carbocycles. The summed E-state index contributed by atoms with van der Waals surface area (Å²) < 4.78 is 1.44. The number of amides is 1. The molecule has 1 aliphatic rings. The molecule has 0 atom stereocenters. The number of rotatable bonds is 6. The summed E-state index contributed by atoms with van der Waals surface area (Å²) in [5, 5.41) is 4.71. The molecule has 0 spiro atoms. The van der Waals surface area contributed by atoms with Crippen molar-refractivity contribution < 1.29 is 4.79 Å². The quantitative estimate of drug-likeness (QED) is 0.666. The van der Waals surface area contributed by atoms with Crippen LogP contribution in [0.25, 0.3) is 10.2 Å². The van der Waals surface area contributed by atoms with Crippen molar-refractivity contribution in [3.63, 3.8) is 0 Å². The van der Waals surface area contributed by atoms with Crippen LogP contribution in [0.1, 0.15) is 30.2 Å². The molecule has 0 unspecified atom stereocenters. The summed E-state index contributed by atoms with van der Waals surface area (Å²) in [4.78, 5) is 33.7. The van der Waals surface area contributed by atoms with E-state index in [2.05, 4.69) is 17.3 Å². The van der Waals surface area contributed by atoms with Crippen molar-refractivity contribution in [1.82, 2.24) is 14.5 Å². The van der Waals surface area contributed by atoms with Crippen molar-refractivity contribution in [2.75, 3.05) is 0 Å². The van der Waals surface area contributed by atoms with Crippen molar-refractivity contribution in [1.29, 1.82) is 0 Å². The van der Waals surface area contributed by atoms with Gasteiger partial charge >= 0.3 is 0 Å². The lowest BCUT2D eigenvalue weighted by Gasteiger charge is -2.22. The molecule has 3 aromatic heterocycles. The van der Waals surface area contributed by atoms with E-state index in [-0.39, 0.29) is 18.0 Å². The monoisotopic (exact) mass is 373 g/mol. The number of fused-ring (bicyclic) bond motifs is 1. The van der Waals surface area contributed by atoms with E-state index in [0.717, 1.165) is 34.5 Å². The number of hydrogen-bond acceptors (Lipinski definition) is 5. The molecule has 7 heteroatoms. The fourth-order valence-electron chi connectivity index (χ4n) is 2.92. The maximum absolute atomic E-state index is 12.8. The van der Waals surface area contributed by atoms with Crippen LogP contribution in [0.3, 0.4) is 0 Å². The molecule has 1 aliphatic carbocycles. The maximum atomic E-state index is 12.8. The summed E-state index contributed by atoms with van der Waals surface area (Å²) in [5.74, 6) is -0.0112. The third-order valence-electron chi connectivity index (χ3n) is 4.46. The number of nitrogens with zero attached hydrogens (tertiary/aromatic N) is 3. The molecule has 0 saturated heterocycles. The second kappa shape index (κ2) is 6.72. The minimum atomic E-state index is -0.124. The van der Waals surface area contributed by atoms with Crippen LogP contribution in [0.4, 0.5) is 0 Å². The van der Waals surface area contributed by atoms with Crippen LogP contribution < -0.4 is 5.56 Å². The predicted octanol–water partition coefficient (Wildman–Crippen LogP) is 3.27. The molecular weight excluding hydrogens is 354 g/mol. The lowest BCUT2D eigenvalue weighted by atomic mass is 10.3. The minimum Gasteiger partial charge on any atom is -0.334 e. The summed E-state index contributed by atoms with van der Waals surface area (Å²) in [7, 11) is 0. The van der Waals surface area contributed by atoms with Crippen molar-refractivity contribution in [2.24, 2.45) is 0 Å². The van der Waals surface area contributed by atoms with Crippen LogP contribution in [-0.2, 0) is 24.3 Å². The molecule has 0 aliphatic heterocycles. The third-order valence-corrected chi connectivity index (χ3v) is 6.38. The van der Waals surface area contributed by atoms with Gasteiger partial charge in [-0.05, 0) is 47.7 Å². The molecule has 0 aromatic carbocycles. The fourth-order valence-corrected chi connectivity index (χ4v) is 4.50. The average Bonchev–Trinajstić information content (AvgIpc) is 3.15. The van der Waals surface area contributed by atoms with Gasteiger partial charge in [-0.1, -0.05) is 6.92 Å². The first-order valence-corrected chi connectivity index (χ1v) is 10.2. The highest BCUT2D eigenvalue weighted by Gasteiger charge is 2.32.